The number of carbonyl (C=O) groups excluding carboxylic acids is 1. The summed E-state index contributed by atoms with van der Waals surface area (Å²) in [6.07, 6.45) is -10.9. The molecule has 2 saturated heterocycles. The molecule has 0 aromatic heterocycles. The van der Waals surface area contributed by atoms with E-state index in [2.05, 4.69) is 0 Å². The molecule has 15 heteroatoms. The zero-order valence-corrected chi connectivity index (χ0v) is 22.0. The second-order valence-corrected chi connectivity index (χ2v) is 9.45. The number of aliphatic hydroxyl groups is 5. The van der Waals surface area contributed by atoms with Gasteiger partial charge >= 0.3 is 5.97 Å². The second kappa shape index (κ2) is 12.6. The van der Waals surface area contributed by atoms with Gasteiger partial charge in [-0.2, -0.15) is 0 Å². The number of methoxy groups -OCH3 is 2. The van der Waals surface area contributed by atoms with Crippen molar-refractivity contribution in [1.82, 2.24) is 0 Å². The molecule has 2 aliphatic rings. The van der Waals surface area contributed by atoms with Crippen LogP contribution in [0.4, 0.5) is 0 Å². The molecule has 0 aliphatic carbocycles. The second-order valence-electron chi connectivity index (χ2n) is 9.45. The zero-order valence-electron chi connectivity index (χ0n) is 22.0. The Morgan fingerprint density at radius 2 is 1.63 bits per heavy atom. The molecule has 226 valence electrons. The van der Waals surface area contributed by atoms with Crippen LogP contribution in [0.25, 0.3) is 0 Å². The molecule has 0 saturated carbocycles. The van der Waals surface area contributed by atoms with E-state index in [-0.39, 0.29) is 34.3 Å². The highest BCUT2D eigenvalue weighted by molar-refractivity contribution is 5.91. The van der Waals surface area contributed by atoms with Crippen molar-refractivity contribution in [3.63, 3.8) is 0 Å². The fraction of sp³-hybridized carbons (Fsp3) is 0.500. The van der Waals surface area contributed by atoms with Crippen LogP contribution in [0, 0.1) is 0 Å². The van der Waals surface area contributed by atoms with E-state index in [0.29, 0.717) is 0 Å². The van der Waals surface area contributed by atoms with E-state index in [1.807, 2.05) is 0 Å². The number of hydrogen-bond donors (Lipinski definition) is 7. The summed E-state index contributed by atoms with van der Waals surface area (Å²) in [5.74, 6) is -1.25. The predicted octanol–water partition coefficient (Wildman–Crippen LogP) is -1.38. The van der Waals surface area contributed by atoms with Crippen LogP contribution >= 0.6 is 0 Å². The van der Waals surface area contributed by atoms with E-state index in [1.165, 1.54) is 50.6 Å². The molecule has 15 nitrogen and oxygen atoms in total. The van der Waals surface area contributed by atoms with E-state index in [1.54, 1.807) is 0 Å². The SMILES string of the molecule is COc1cc(C(=O)OC[C@@]2(O)CO[C@@H](O[C@H]3[C@@H](Oc4ccc(O)cc4)O[C@H](CO)[C@@H](O)[C@@H]3O)[C@@H]2O)cc(OC)c1O. The first-order chi connectivity index (χ1) is 19.5. The lowest BCUT2D eigenvalue weighted by atomic mass is 9.98. The summed E-state index contributed by atoms with van der Waals surface area (Å²) in [5, 5.41) is 72.0. The number of benzene rings is 2. The van der Waals surface area contributed by atoms with Gasteiger partial charge in [-0.1, -0.05) is 0 Å². The minimum atomic E-state index is -2.15. The van der Waals surface area contributed by atoms with Crippen LogP contribution < -0.4 is 14.2 Å². The van der Waals surface area contributed by atoms with Gasteiger partial charge in [0.1, 0.15) is 42.5 Å². The quantitative estimate of drug-likeness (QED) is 0.160. The number of ether oxygens (including phenoxy) is 7. The third kappa shape index (κ3) is 6.42. The standard InChI is InChI=1S/C26H32O15/c1-35-15-7-12(8-16(36-2)18(15)29)23(33)37-10-26(34)11-38-25(22(26)32)41-21-20(31)19(30)17(9-27)40-24(21)39-14-5-3-13(28)4-6-14/h3-8,17,19-22,24-25,27-32,34H,9-11H2,1-2H3/t17-,19-,20+,21-,22+,24+,25+,26-/m1/s1. The summed E-state index contributed by atoms with van der Waals surface area (Å²) in [6.45, 7) is -1.96. The van der Waals surface area contributed by atoms with Crippen molar-refractivity contribution in [1.29, 1.82) is 0 Å². The van der Waals surface area contributed by atoms with Crippen molar-refractivity contribution in [2.24, 2.45) is 0 Å². The minimum absolute atomic E-state index is 0.0374. The van der Waals surface area contributed by atoms with Crippen LogP contribution in [-0.2, 0) is 18.9 Å². The normalized spacial score (nSPS) is 31.4. The molecule has 2 fully saturated rings. The van der Waals surface area contributed by atoms with Gasteiger partial charge in [0.2, 0.25) is 12.0 Å². The first-order valence-electron chi connectivity index (χ1n) is 12.4. The van der Waals surface area contributed by atoms with Crippen LogP contribution in [0.3, 0.4) is 0 Å². The van der Waals surface area contributed by atoms with Crippen LogP contribution in [0.15, 0.2) is 36.4 Å². The molecule has 0 amide bonds. The third-order valence-electron chi connectivity index (χ3n) is 6.68. The molecule has 2 heterocycles. The Labute approximate surface area is 233 Å². The summed E-state index contributed by atoms with van der Waals surface area (Å²) in [6, 6.07) is 7.85. The minimum Gasteiger partial charge on any atom is -0.508 e. The molecule has 7 N–H and O–H groups in total. The zero-order chi connectivity index (χ0) is 29.9. The molecule has 2 aromatic rings. The lowest BCUT2D eigenvalue weighted by Crippen LogP contribution is -2.62. The van der Waals surface area contributed by atoms with E-state index in [4.69, 9.17) is 33.2 Å². The largest absolute Gasteiger partial charge is 0.508 e. The van der Waals surface area contributed by atoms with Gasteiger partial charge in [-0.05, 0) is 36.4 Å². The van der Waals surface area contributed by atoms with Crippen molar-refractivity contribution < 1.29 is 73.7 Å². The summed E-state index contributed by atoms with van der Waals surface area (Å²) < 4.78 is 37.5. The van der Waals surface area contributed by atoms with Crippen molar-refractivity contribution in [2.45, 2.75) is 48.7 Å². The molecular weight excluding hydrogens is 552 g/mol. The van der Waals surface area contributed by atoms with Gasteiger partial charge in [0.25, 0.3) is 0 Å². The van der Waals surface area contributed by atoms with Gasteiger partial charge in [0.15, 0.2) is 29.5 Å². The fourth-order valence-electron chi connectivity index (χ4n) is 4.29. The first kappa shape index (κ1) is 30.5. The molecular formula is C26H32O15. The molecule has 0 radical (unpaired) electrons. The van der Waals surface area contributed by atoms with Crippen LogP contribution in [0.2, 0.25) is 0 Å². The maximum atomic E-state index is 12.7. The average Bonchev–Trinajstić information content (AvgIpc) is 3.25. The Bertz CT molecular complexity index is 1160. The number of phenols is 2. The van der Waals surface area contributed by atoms with Crippen LogP contribution in [0.5, 0.6) is 28.7 Å². The summed E-state index contributed by atoms with van der Waals surface area (Å²) in [7, 11) is 2.55. The summed E-state index contributed by atoms with van der Waals surface area (Å²) in [5.41, 5.74) is -2.23. The summed E-state index contributed by atoms with van der Waals surface area (Å²) in [4.78, 5) is 12.7. The molecule has 41 heavy (non-hydrogen) atoms. The lowest BCUT2D eigenvalue weighted by molar-refractivity contribution is -0.318. The molecule has 4 rings (SSSR count). The van der Waals surface area contributed by atoms with Crippen molar-refractivity contribution >= 4 is 5.97 Å². The highest BCUT2D eigenvalue weighted by atomic mass is 16.8. The van der Waals surface area contributed by atoms with Crippen molar-refractivity contribution in [3.05, 3.63) is 42.0 Å². The molecule has 2 aliphatic heterocycles. The Morgan fingerprint density at radius 3 is 2.22 bits per heavy atom. The maximum absolute atomic E-state index is 12.7. The highest BCUT2D eigenvalue weighted by Crippen LogP contribution is 2.38. The third-order valence-corrected chi connectivity index (χ3v) is 6.68. The number of aliphatic hydroxyl groups excluding tert-OH is 4. The van der Waals surface area contributed by atoms with E-state index < -0.39 is 74.5 Å². The van der Waals surface area contributed by atoms with Crippen LogP contribution in [-0.4, -0.2) is 124 Å². The van der Waals surface area contributed by atoms with Gasteiger partial charge in [-0.25, -0.2) is 4.79 Å². The van der Waals surface area contributed by atoms with Crippen molar-refractivity contribution in [2.75, 3.05) is 34.0 Å². The number of phenolic OH excluding ortho intramolecular Hbond substituents is 2. The number of rotatable bonds is 10. The first-order valence-corrected chi connectivity index (χ1v) is 12.4. The van der Waals surface area contributed by atoms with Crippen molar-refractivity contribution in [3.8, 4) is 28.7 Å². The number of carbonyl (C=O) groups is 1. The van der Waals surface area contributed by atoms with E-state index in [0.717, 1.165) is 0 Å². The highest BCUT2D eigenvalue weighted by Gasteiger charge is 2.54. The van der Waals surface area contributed by atoms with E-state index in [9.17, 15) is 40.5 Å². The smallest absolute Gasteiger partial charge is 0.338 e. The van der Waals surface area contributed by atoms with Gasteiger partial charge in [0, 0.05) is 0 Å². The predicted molar refractivity (Wildman–Crippen MR) is 134 cm³/mol. The van der Waals surface area contributed by atoms with E-state index >= 15 is 0 Å². The fourth-order valence-corrected chi connectivity index (χ4v) is 4.29. The monoisotopic (exact) mass is 584 g/mol. The molecule has 8 atom stereocenters. The molecule has 0 spiro atoms. The maximum Gasteiger partial charge on any atom is 0.338 e. The Kier molecular flexibility index (Phi) is 9.41. The van der Waals surface area contributed by atoms with Gasteiger partial charge in [-0.3, -0.25) is 0 Å². The van der Waals surface area contributed by atoms with Gasteiger partial charge < -0.3 is 68.9 Å². The summed E-state index contributed by atoms with van der Waals surface area (Å²) >= 11 is 0. The Morgan fingerprint density at radius 1 is 1.00 bits per heavy atom. The average molecular weight is 585 g/mol. The van der Waals surface area contributed by atoms with Gasteiger partial charge in [0.05, 0.1) is 33.0 Å². The molecule has 2 aromatic carbocycles. The topological polar surface area (TPSA) is 223 Å². The van der Waals surface area contributed by atoms with Crippen LogP contribution in [0.1, 0.15) is 10.4 Å². The number of esters is 1. The Balaban J connectivity index is 1.44. The number of aromatic hydroxyl groups is 2. The lowest BCUT2D eigenvalue weighted by Gasteiger charge is -2.42. The number of hydrogen-bond acceptors (Lipinski definition) is 15. The van der Waals surface area contributed by atoms with Gasteiger partial charge in [-0.15, -0.1) is 0 Å². The molecule has 0 unspecified atom stereocenters. The Hall–Kier alpha value is -3.41. The molecule has 0 bridgehead atoms.